The van der Waals surface area contributed by atoms with Gasteiger partial charge in [0.1, 0.15) is 5.75 Å². The molecule has 5 nitrogen and oxygen atoms in total. The van der Waals surface area contributed by atoms with E-state index < -0.39 is 0 Å². The van der Waals surface area contributed by atoms with Gasteiger partial charge in [-0.25, -0.2) is 9.67 Å². The Hall–Kier alpha value is -3.73. The monoisotopic (exact) mass is 408 g/mol. The van der Waals surface area contributed by atoms with Gasteiger partial charge in [-0.3, -0.25) is 4.98 Å². The van der Waals surface area contributed by atoms with Gasteiger partial charge in [0.25, 0.3) is 0 Å². The molecular weight excluding hydrogens is 384 g/mol. The Bertz CT molecular complexity index is 1230. The zero-order chi connectivity index (χ0) is 21.2. The third-order valence-electron chi connectivity index (χ3n) is 5.75. The molecule has 0 fully saturated rings. The van der Waals surface area contributed by atoms with Crippen molar-refractivity contribution in [3.63, 3.8) is 0 Å². The quantitative estimate of drug-likeness (QED) is 0.430. The lowest BCUT2D eigenvalue weighted by atomic mass is 9.96. The standard InChI is InChI=1S/C26H24N4O/c1-3-22-25(18-9-5-4-6-10-18)26-28-23(19-11-7-13-21(15-19)31-2)16-24(30(26)29-22)20-12-8-14-27-17-20/h4-15,17,24H,3,16H2,1-2H3/t24-/m0/s1. The van der Waals surface area contributed by atoms with E-state index in [1.807, 2.05) is 36.5 Å². The van der Waals surface area contributed by atoms with E-state index in [0.29, 0.717) is 0 Å². The summed E-state index contributed by atoms with van der Waals surface area (Å²) in [4.78, 5) is 9.52. The Balaban J connectivity index is 1.74. The first-order chi connectivity index (χ1) is 15.3. The Labute approximate surface area is 182 Å². The first-order valence-corrected chi connectivity index (χ1v) is 10.6. The molecule has 2 aromatic heterocycles. The minimum atomic E-state index is 0.0326. The van der Waals surface area contributed by atoms with Gasteiger partial charge >= 0.3 is 0 Å². The van der Waals surface area contributed by atoms with Crippen LogP contribution in [0, 0.1) is 0 Å². The number of hydrogen-bond donors (Lipinski definition) is 0. The second kappa shape index (κ2) is 8.19. The molecule has 2 aromatic carbocycles. The van der Waals surface area contributed by atoms with Crippen molar-refractivity contribution >= 4 is 11.5 Å². The summed E-state index contributed by atoms with van der Waals surface area (Å²) in [5, 5.41) is 5.02. The molecule has 1 aliphatic rings. The number of methoxy groups -OCH3 is 1. The number of nitrogens with zero attached hydrogens (tertiary/aromatic N) is 4. The van der Waals surface area contributed by atoms with Crippen LogP contribution in [0.4, 0.5) is 5.82 Å². The average Bonchev–Trinajstić information content (AvgIpc) is 3.23. The fraction of sp³-hybridized carbons (Fsp3) is 0.192. The minimum absolute atomic E-state index is 0.0326. The molecule has 0 saturated carbocycles. The van der Waals surface area contributed by atoms with E-state index in [1.165, 1.54) is 0 Å². The number of rotatable bonds is 5. The van der Waals surface area contributed by atoms with Gasteiger partial charge < -0.3 is 4.74 Å². The summed E-state index contributed by atoms with van der Waals surface area (Å²) in [7, 11) is 1.69. The summed E-state index contributed by atoms with van der Waals surface area (Å²) in [6.07, 6.45) is 5.32. The van der Waals surface area contributed by atoms with Crippen molar-refractivity contribution in [1.29, 1.82) is 0 Å². The van der Waals surface area contributed by atoms with E-state index in [1.54, 1.807) is 13.3 Å². The van der Waals surface area contributed by atoms with Crippen molar-refractivity contribution in [2.75, 3.05) is 7.11 Å². The van der Waals surface area contributed by atoms with Gasteiger partial charge in [-0.2, -0.15) is 5.10 Å². The van der Waals surface area contributed by atoms with Crippen LogP contribution in [0.3, 0.4) is 0 Å². The summed E-state index contributed by atoms with van der Waals surface area (Å²) >= 11 is 0. The average molecular weight is 409 g/mol. The van der Waals surface area contributed by atoms with Crippen LogP contribution in [0.25, 0.3) is 11.1 Å². The van der Waals surface area contributed by atoms with Gasteiger partial charge in [0, 0.05) is 24.4 Å². The largest absolute Gasteiger partial charge is 0.497 e. The van der Waals surface area contributed by atoms with Crippen LogP contribution < -0.4 is 4.74 Å². The van der Waals surface area contributed by atoms with E-state index >= 15 is 0 Å². The first-order valence-electron chi connectivity index (χ1n) is 10.6. The summed E-state index contributed by atoms with van der Waals surface area (Å²) in [6.45, 7) is 2.15. The maximum absolute atomic E-state index is 5.46. The maximum Gasteiger partial charge on any atom is 0.159 e. The van der Waals surface area contributed by atoms with Gasteiger partial charge in [-0.05, 0) is 41.3 Å². The zero-order valence-electron chi connectivity index (χ0n) is 17.7. The third kappa shape index (κ3) is 3.52. The maximum atomic E-state index is 5.46. The van der Waals surface area contributed by atoms with Crippen molar-refractivity contribution in [2.45, 2.75) is 25.8 Å². The van der Waals surface area contributed by atoms with E-state index in [2.05, 4.69) is 53.0 Å². The van der Waals surface area contributed by atoms with Crippen molar-refractivity contribution in [1.82, 2.24) is 14.8 Å². The number of hydrogen-bond acceptors (Lipinski definition) is 4. The molecule has 0 aliphatic carbocycles. The predicted molar refractivity (Wildman–Crippen MR) is 123 cm³/mol. The number of aliphatic imine (C=N–C) groups is 1. The Kier molecular flexibility index (Phi) is 5.08. The number of fused-ring (bicyclic) bond motifs is 1. The Morgan fingerprint density at radius 2 is 1.84 bits per heavy atom. The molecule has 0 amide bonds. The highest BCUT2D eigenvalue weighted by molar-refractivity contribution is 6.04. The zero-order valence-corrected chi connectivity index (χ0v) is 17.7. The molecule has 154 valence electrons. The lowest BCUT2D eigenvalue weighted by molar-refractivity contribution is 0.414. The van der Waals surface area contributed by atoms with E-state index in [9.17, 15) is 0 Å². The smallest absolute Gasteiger partial charge is 0.159 e. The highest BCUT2D eigenvalue weighted by Crippen LogP contribution is 2.42. The van der Waals surface area contributed by atoms with Gasteiger partial charge in [0.2, 0.25) is 0 Å². The normalized spacial score (nSPS) is 15.3. The second-order valence-corrected chi connectivity index (χ2v) is 7.61. The van der Waals surface area contributed by atoms with Crippen LogP contribution in [-0.4, -0.2) is 27.6 Å². The molecule has 5 heteroatoms. The molecule has 0 bridgehead atoms. The van der Waals surface area contributed by atoms with Crippen LogP contribution >= 0.6 is 0 Å². The first kappa shape index (κ1) is 19.2. The molecule has 0 saturated heterocycles. The molecule has 31 heavy (non-hydrogen) atoms. The lowest BCUT2D eigenvalue weighted by Crippen LogP contribution is -2.21. The fourth-order valence-corrected chi connectivity index (χ4v) is 4.20. The van der Waals surface area contributed by atoms with Gasteiger partial charge in [0.15, 0.2) is 5.82 Å². The highest BCUT2D eigenvalue weighted by Gasteiger charge is 2.30. The minimum Gasteiger partial charge on any atom is -0.497 e. The molecule has 5 rings (SSSR count). The van der Waals surface area contributed by atoms with E-state index in [-0.39, 0.29) is 6.04 Å². The Morgan fingerprint density at radius 3 is 2.58 bits per heavy atom. The summed E-state index contributed by atoms with van der Waals surface area (Å²) < 4.78 is 7.54. The molecule has 1 atom stereocenters. The molecule has 3 heterocycles. The van der Waals surface area contributed by atoms with Crippen LogP contribution in [0.2, 0.25) is 0 Å². The second-order valence-electron chi connectivity index (χ2n) is 7.61. The van der Waals surface area contributed by atoms with Crippen molar-refractivity contribution < 1.29 is 4.74 Å². The predicted octanol–water partition coefficient (Wildman–Crippen LogP) is 5.63. The molecule has 0 radical (unpaired) electrons. The van der Waals surface area contributed by atoms with Crippen LogP contribution in [0.5, 0.6) is 5.75 Å². The third-order valence-corrected chi connectivity index (χ3v) is 5.75. The molecular formula is C26H24N4O. The van der Waals surface area contributed by atoms with Crippen LogP contribution in [0.1, 0.15) is 36.2 Å². The number of aryl methyl sites for hydroxylation is 1. The van der Waals surface area contributed by atoms with Crippen molar-refractivity contribution in [3.8, 4) is 16.9 Å². The number of ether oxygens (including phenoxy) is 1. The molecule has 4 aromatic rings. The molecule has 1 aliphatic heterocycles. The topological polar surface area (TPSA) is 52.3 Å². The van der Waals surface area contributed by atoms with E-state index in [0.717, 1.165) is 58.1 Å². The highest BCUT2D eigenvalue weighted by atomic mass is 16.5. The van der Waals surface area contributed by atoms with Crippen LogP contribution in [0.15, 0.2) is 84.1 Å². The number of aromatic nitrogens is 3. The molecule has 0 N–H and O–H groups in total. The Morgan fingerprint density at radius 1 is 1.00 bits per heavy atom. The molecule has 0 unspecified atom stereocenters. The van der Waals surface area contributed by atoms with Crippen LogP contribution in [-0.2, 0) is 6.42 Å². The number of benzene rings is 2. The van der Waals surface area contributed by atoms with E-state index in [4.69, 9.17) is 14.8 Å². The van der Waals surface area contributed by atoms with Crippen molar-refractivity contribution in [2.24, 2.45) is 4.99 Å². The summed E-state index contributed by atoms with van der Waals surface area (Å²) in [5.41, 5.74) is 6.53. The summed E-state index contributed by atoms with van der Waals surface area (Å²) in [6, 6.07) is 22.7. The summed E-state index contributed by atoms with van der Waals surface area (Å²) in [5.74, 6) is 1.73. The lowest BCUT2D eigenvalue weighted by Gasteiger charge is -2.25. The van der Waals surface area contributed by atoms with Crippen molar-refractivity contribution in [3.05, 3.63) is 95.9 Å². The van der Waals surface area contributed by atoms with Gasteiger partial charge in [0.05, 0.1) is 24.6 Å². The fourth-order valence-electron chi connectivity index (χ4n) is 4.20. The van der Waals surface area contributed by atoms with Gasteiger partial charge in [-0.1, -0.05) is 55.5 Å². The number of pyridine rings is 1. The van der Waals surface area contributed by atoms with Gasteiger partial charge in [-0.15, -0.1) is 0 Å². The molecule has 0 spiro atoms. The SMILES string of the molecule is CCc1nn2c(c1-c1ccccc1)N=C(c1cccc(OC)c1)C[C@H]2c1cccnc1.